The van der Waals surface area contributed by atoms with E-state index < -0.39 is 0 Å². The number of aromatic nitrogens is 1. The zero-order chi connectivity index (χ0) is 14.8. The summed E-state index contributed by atoms with van der Waals surface area (Å²) in [7, 11) is 1.97. The lowest BCUT2D eigenvalue weighted by Gasteiger charge is -2.20. The Morgan fingerprint density at radius 3 is 2.81 bits per heavy atom. The van der Waals surface area contributed by atoms with Gasteiger partial charge in [0.1, 0.15) is 0 Å². The summed E-state index contributed by atoms with van der Waals surface area (Å²) in [6, 6.07) is 5.75. The zero-order valence-corrected chi connectivity index (χ0v) is 13.3. The van der Waals surface area contributed by atoms with Crippen LogP contribution in [0.2, 0.25) is 5.02 Å². The van der Waals surface area contributed by atoms with Gasteiger partial charge in [0, 0.05) is 41.2 Å². The van der Waals surface area contributed by atoms with Crippen LogP contribution in [0, 0.1) is 5.92 Å². The third kappa shape index (κ3) is 3.16. The summed E-state index contributed by atoms with van der Waals surface area (Å²) in [6.07, 6.45) is 10.3. The number of carbonyl (C=O) groups is 1. The molecule has 0 amide bonds. The predicted octanol–water partition coefficient (Wildman–Crippen LogP) is 5.37. The van der Waals surface area contributed by atoms with Gasteiger partial charge in [0.2, 0.25) is 0 Å². The standard InChI is InChI=1S/C18H22ClNO/c1-20-12-16(15-9-8-14(19)11-17(15)20)18(21)10-7-13-5-3-2-4-6-13/h8-9,11-13H,2-7,10H2,1H3. The SMILES string of the molecule is Cn1cc(C(=O)CCC2CCCCC2)c2ccc(Cl)cc21. The van der Waals surface area contributed by atoms with E-state index in [0.29, 0.717) is 11.4 Å². The van der Waals surface area contributed by atoms with Gasteiger partial charge in [-0.05, 0) is 24.5 Å². The fraction of sp³-hybridized carbons (Fsp3) is 0.500. The van der Waals surface area contributed by atoms with Gasteiger partial charge in [-0.25, -0.2) is 0 Å². The average molecular weight is 304 g/mol. The molecule has 1 aromatic carbocycles. The van der Waals surface area contributed by atoms with E-state index in [0.717, 1.165) is 28.8 Å². The number of hydrogen-bond donors (Lipinski definition) is 0. The highest BCUT2D eigenvalue weighted by molar-refractivity contribution is 6.31. The molecule has 2 nitrogen and oxygen atoms in total. The minimum atomic E-state index is 0.272. The van der Waals surface area contributed by atoms with Gasteiger partial charge < -0.3 is 4.57 Å². The lowest BCUT2D eigenvalue weighted by molar-refractivity contribution is 0.0971. The van der Waals surface area contributed by atoms with Gasteiger partial charge in [-0.2, -0.15) is 0 Å². The summed E-state index contributed by atoms with van der Waals surface area (Å²) in [5.74, 6) is 1.03. The molecule has 1 aliphatic rings. The smallest absolute Gasteiger partial charge is 0.165 e. The maximum atomic E-state index is 12.6. The maximum Gasteiger partial charge on any atom is 0.165 e. The molecule has 3 rings (SSSR count). The Morgan fingerprint density at radius 2 is 2.05 bits per heavy atom. The third-order valence-electron chi connectivity index (χ3n) is 4.76. The molecule has 0 radical (unpaired) electrons. The fourth-order valence-corrected chi connectivity index (χ4v) is 3.69. The number of Topliss-reactive ketones (excluding diaryl/α,β-unsaturated/α-hetero) is 1. The minimum Gasteiger partial charge on any atom is -0.350 e. The van der Waals surface area contributed by atoms with E-state index in [9.17, 15) is 4.79 Å². The van der Waals surface area contributed by atoms with E-state index in [-0.39, 0.29) is 5.78 Å². The van der Waals surface area contributed by atoms with Crippen LogP contribution in [0.1, 0.15) is 55.3 Å². The number of benzene rings is 1. The lowest BCUT2D eigenvalue weighted by Crippen LogP contribution is -2.09. The number of nitrogens with zero attached hydrogens (tertiary/aromatic N) is 1. The predicted molar refractivity (Wildman–Crippen MR) is 88.1 cm³/mol. The van der Waals surface area contributed by atoms with Gasteiger partial charge in [0.15, 0.2) is 5.78 Å². The number of aryl methyl sites for hydroxylation is 1. The van der Waals surface area contributed by atoms with Gasteiger partial charge in [-0.1, -0.05) is 49.8 Å². The molecule has 0 aliphatic heterocycles. The molecule has 1 fully saturated rings. The van der Waals surface area contributed by atoms with Crippen LogP contribution in [0.4, 0.5) is 0 Å². The molecule has 3 heteroatoms. The topological polar surface area (TPSA) is 22.0 Å². The Morgan fingerprint density at radius 1 is 1.29 bits per heavy atom. The molecule has 0 atom stereocenters. The fourth-order valence-electron chi connectivity index (χ4n) is 3.52. The summed E-state index contributed by atoms with van der Waals surface area (Å²) < 4.78 is 2.00. The largest absolute Gasteiger partial charge is 0.350 e. The van der Waals surface area contributed by atoms with E-state index in [1.165, 1.54) is 32.1 Å². The van der Waals surface area contributed by atoms with Crippen molar-refractivity contribution in [3.8, 4) is 0 Å². The summed E-state index contributed by atoms with van der Waals surface area (Å²) in [6.45, 7) is 0. The molecule has 0 N–H and O–H groups in total. The number of carbonyl (C=O) groups excluding carboxylic acids is 1. The normalized spacial score (nSPS) is 16.5. The molecular weight excluding hydrogens is 282 g/mol. The Balaban J connectivity index is 1.75. The van der Waals surface area contributed by atoms with E-state index in [1.807, 2.05) is 36.0 Å². The third-order valence-corrected chi connectivity index (χ3v) is 4.99. The highest BCUT2D eigenvalue weighted by Crippen LogP contribution is 2.29. The quantitative estimate of drug-likeness (QED) is 0.695. The molecule has 1 aromatic heterocycles. The van der Waals surface area contributed by atoms with Crippen molar-refractivity contribution in [1.29, 1.82) is 0 Å². The monoisotopic (exact) mass is 303 g/mol. The Labute approximate surface area is 131 Å². The summed E-state index contributed by atoms with van der Waals surface area (Å²) in [4.78, 5) is 12.6. The van der Waals surface area contributed by atoms with Crippen LogP contribution in [0.15, 0.2) is 24.4 Å². The van der Waals surface area contributed by atoms with Crippen LogP contribution in [0.25, 0.3) is 10.9 Å². The van der Waals surface area contributed by atoms with Crippen LogP contribution >= 0.6 is 11.6 Å². The molecule has 1 aliphatic carbocycles. The second kappa shape index (κ2) is 6.23. The van der Waals surface area contributed by atoms with E-state index in [4.69, 9.17) is 11.6 Å². The summed E-state index contributed by atoms with van der Waals surface area (Å²) in [5.41, 5.74) is 1.88. The molecule has 0 bridgehead atoms. The molecule has 0 spiro atoms. The second-order valence-electron chi connectivity index (χ2n) is 6.28. The van der Waals surface area contributed by atoms with Crippen LogP contribution in [-0.2, 0) is 7.05 Å². The Bertz CT molecular complexity index is 653. The van der Waals surface area contributed by atoms with Crippen LogP contribution in [-0.4, -0.2) is 10.4 Å². The van der Waals surface area contributed by atoms with Crippen molar-refractivity contribution >= 4 is 28.3 Å². The molecule has 1 saturated carbocycles. The number of hydrogen-bond acceptors (Lipinski definition) is 1. The molecule has 21 heavy (non-hydrogen) atoms. The highest BCUT2D eigenvalue weighted by atomic mass is 35.5. The van der Waals surface area contributed by atoms with Crippen molar-refractivity contribution in [2.75, 3.05) is 0 Å². The van der Waals surface area contributed by atoms with Gasteiger partial charge in [0.25, 0.3) is 0 Å². The van der Waals surface area contributed by atoms with Crippen molar-refractivity contribution in [2.24, 2.45) is 13.0 Å². The summed E-state index contributed by atoms with van der Waals surface area (Å²) >= 11 is 6.04. The zero-order valence-electron chi connectivity index (χ0n) is 12.6. The van der Waals surface area contributed by atoms with E-state index in [1.54, 1.807) is 0 Å². The molecule has 0 unspecified atom stereocenters. The first-order chi connectivity index (χ1) is 10.1. The average Bonchev–Trinajstić information content (AvgIpc) is 2.83. The van der Waals surface area contributed by atoms with Crippen molar-refractivity contribution in [3.63, 3.8) is 0 Å². The van der Waals surface area contributed by atoms with Gasteiger partial charge >= 0.3 is 0 Å². The number of ketones is 1. The Hall–Kier alpha value is -1.28. The van der Waals surface area contributed by atoms with Gasteiger partial charge in [-0.3, -0.25) is 4.79 Å². The molecule has 2 aromatic rings. The van der Waals surface area contributed by atoms with Crippen LogP contribution in [0.5, 0.6) is 0 Å². The molecule has 1 heterocycles. The van der Waals surface area contributed by atoms with Crippen LogP contribution < -0.4 is 0 Å². The number of fused-ring (bicyclic) bond motifs is 1. The van der Waals surface area contributed by atoms with Crippen molar-refractivity contribution in [3.05, 3.63) is 35.0 Å². The highest BCUT2D eigenvalue weighted by Gasteiger charge is 2.18. The molecule has 112 valence electrons. The Kier molecular flexibility index (Phi) is 4.34. The summed E-state index contributed by atoms with van der Waals surface area (Å²) in [5, 5.41) is 1.74. The lowest BCUT2D eigenvalue weighted by atomic mass is 9.85. The second-order valence-corrected chi connectivity index (χ2v) is 6.72. The number of rotatable bonds is 4. The van der Waals surface area contributed by atoms with Crippen molar-refractivity contribution in [2.45, 2.75) is 44.9 Å². The van der Waals surface area contributed by atoms with Gasteiger partial charge in [0.05, 0.1) is 0 Å². The first kappa shape index (κ1) is 14.6. The minimum absolute atomic E-state index is 0.272. The van der Waals surface area contributed by atoms with Crippen LogP contribution in [0.3, 0.4) is 0 Å². The number of halogens is 1. The first-order valence-electron chi connectivity index (χ1n) is 7.93. The molecular formula is C18H22ClNO. The maximum absolute atomic E-state index is 12.6. The van der Waals surface area contributed by atoms with Crippen molar-refractivity contribution in [1.82, 2.24) is 4.57 Å². The van der Waals surface area contributed by atoms with E-state index >= 15 is 0 Å². The van der Waals surface area contributed by atoms with Crippen molar-refractivity contribution < 1.29 is 4.79 Å². The first-order valence-corrected chi connectivity index (χ1v) is 8.31. The molecule has 0 saturated heterocycles. The van der Waals surface area contributed by atoms with Gasteiger partial charge in [-0.15, -0.1) is 0 Å². The van der Waals surface area contributed by atoms with E-state index in [2.05, 4.69) is 0 Å².